The number of amides is 1. The lowest BCUT2D eigenvalue weighted by atomic mass is 10.0. The van der Waals surface area contributed by atoms with Gasteiger partial charge in [-0.1, -0.05) is 72.8 Å². The van der Waals surface area contributed by atoms with Gasteiger partial charge in [0.05, 0.1) is 10.6 Å². The van der Waals surface area contributed by atoms with Crippen LogP contribution < -0.4 is 9.62 Å². The van der Waals surface area contributed by atoms with Crippen LogP contribution in [0.25, 0.3) is 17.2 Å². The maximum atomic E-state index is 13.1. The van der Waals surface area contributed by atoms with E-state index in [2.05, 4.69) is 17.4 Å². The van der Waals surface area contributed by atoms with Gasteiger partial charge in [-0.05, 0) is 65.1 Å². The number of benzene rings is 4. The molecule has 0 saturated heterocycles. The van der Waals surface area contributed by atoms with Crippen molar-refractivity contribution in [3.8, 4) is 11.1 Å². The lowest BCUT2D eigenvalue weighted by molar-refractivity contribution is -0.111. The number of fused-ring (bicyclic) bond motifs is 1. The van der Waals surface area contributed by atoms with Crippen molar-refractivity contribution in [3.05, 3.63) is 120 Å². The van der Waals surface area contributed by atoms with Crippen LogP contribution in [-0.2, 0) is 21.2 Å². The van der Waals surface area contributed by atoms with Crippen LogP contribution in [-0.4, -0.2) is 20.9 Å². The first-order valence-corrected chi connectivity index (χ1v) is 12.8. The van der Waals surface area contributed by atoms with E-state index in [9.17, 15) is 13.2 Å². The number of nitrogens with one attached hydrogen (secondary N) is 1. The Hall–Kier alpha value is -4.16. The van der Waals surface area contributed by atoms with E-state index in [1.165, 1.54) is 22.5 Å². The minimum absolute atomic E-state index is 0.196. The Morgan fingerprint density at radius 1 is 0.771 bits per heavy atom. The Bertz CT molecular complexity index is 1480. The monoisotopic (exact) mass is 480 g/mol. The van der Waals surface area contributed by atoms with Gasteiger partial charge >= 0.3 is 0 Å². The Morgan fingerprint density at radius 3 is 2.17 bits per heavy atom. The van der Waals surface area contributed by atoms with Gasteiger partial charge < -0.3 is 5.32 Å². The summed E-state index contributed by atoms with van der Waals surface area (Å²) in [5, 5.41) is 2.78. The highest BCUT2D eigenvalue weighted by molar-refractivity contribution is 7.92. The summed E-state index contributed by atoms with van der Waals surface area (Å²) in [5.41, 5.74) is 5.44. The summed E-state index contributed by atoms with van der Waals surface area (Å²) >= 11 is 0. The SMILES string of the molecule is O=C(/C=C/c1ccc(-c2ccccc2)cc1)Nc1ccc(S(=O)(=O)N2CCc3ccccc32)cc1. The molecule has 0 spiro atoms. The summed E-state index contributed by atoms with van der Waals surface area (Å²) in [7, 11) is -3.66. The normalized spacial score (nSPS) is 13.1. The van der Waals surface area contributed by atoms with Crippen LogP contribution in [0.2, 0.25) is 0 Å². The molecule has 0 fully saturated rings. The third-order valence-corrected chi connectivity index (χ3v) is 7.83. The first-order valence-electron chi connectivity index (χ1n) is 11.4. The molecule has 35 heavy (non-hydrogen) atoms. The van der Waals surface area contributed by atoms with Crippen LogP contribution in [0.5, 0.6) is 0 Å². The van der Waals surface area contributed by atoms with E-state index in [4.69, 9.17) is 0 Å². The highest BCUT2D eigenvalue weighted by atomic mass is 32.2. The molecule has 0 unspecified atom stereocenters. The average molecular weight is 481 g/mol. The standard InChI is InChI=1S/C29H24N2O3S/c32-29(19-12-22-10-13-24(14-11-22)23-6-2-1-3-7-23)30-26-15-17-27(18-16-26)35(33,34)31-21-20-25-8-4-5-9-28(25)31/h1-19H,20-21H2,(H,30,32)/b19-12+. The second kappa shape index (κ2) is 9.60. The fraction of sp³-hybridized carbons (Fsp3) is 0.0690. The molecule has 1 aliphatic heterocycles. The zero-order chi connectivity index (χ0) is 24.3. The highest BCUT2D eigenvalue weighted by Crippen LogP contribution is 2.32. The number of carbonyl (C=O) groups excluding carboxylic acids is 1. The van der Waals surface area contributed by atoms with E-state index < -0.39 is 10.0 Å². The fourth-order valence-corrected chi connectivity index (χ4v) is 5.67. The Balaban J connectivity index is 1.23. The van der Waals surface area contributed by atoms with Crippen LogP contribution in [0.1, 0.15) is 11.1 Å². The van der Waals surface area contributed by atoms with Gasteiger partial charge in [0.25, 0.3) is 10.0 Å². The van der Waals surface area contributed by atoms with E-state index in [0.717, 1.165) is 27.9 Å². The van der Waals surface area contributed by atoms with Gasteiger partial charge in [-0.25, -0.2) is 8.42 Å². The molecule has 1 heterocycles. The van der Waals surface area contributed by atoms with Crippen molar-refractivity contribution in [3.63, 3.8) is 0 Å². The van der Waals surface area contributed by atoms with Crippen molar-refractivity contribution in [2.75, 3.05) is 16.2 Å². The van der Waals surface area contributed by atoms with Gasteiger partial charge in [0.1, 0.15) is 0 Å². The van der Waals surface area contributed by atoms with E-state index in [-0.39, 0.29) is 10.8 Å². The van der Waals surface area contributed by atoms with Gasteiger partial charge in [-0.2, -0.15) is 0 Å². The molecule has 0 saturated carbocycles. The number of para-hydroxylation sites is 1. The predicted octanol–water partition coefficient (Wildman–Crippen LogP) is 5.76. The summed E-state index contributed by atoms with van der Waals surface area (Å²) in [5.74, 6) is -0.291. The minimum Gasteiger partial charge on any atom is -0.323 e. The Morgan fingerprint density at radius 2 is 1.43 bits per heavy atom. The van der Waals surface area contributed by atoms with E-state index in [1.807, 2.05) is 66.7 Å². The first kappa shape index (κ1) is 22.6. The van der Waals surface area contributed by atoms with E-state index in [0.29, 0.717) is 18.7 Å². The molecule has 5 nitrogen and oxygen atoms in total. The van der Waals surface area contributed by atoms with Crippen LogP contribution in [0, 0.1) is 0 Å². The third-order valence-electron chi connectivity index (χ3n) is 6.00. The zero-order valence-electron chi connectivity index (χ0n) is 19.0. The summed E-state index contributed by atoms with van der Waals surface area (Å²) in [6, 6.07) is 31.9. The number of hydrogen-bond acceptors (Lipinski definition) is 3. The highest BCUT2D eigenvalue weighted by Gasteiger charge is 2.30. The molecule has 4 aromatic carbocycles. The number of hydrogen-bond donors (Lipinski definition) is 1. The molecule has 0 bridgehead atoms. The number of rotatable bonds is 6. The van der Waals surface area contributed by atoms with Crippen molar-refractivity contribution in [2.24, 2.45) is 0 Å². The molecular weight excluding hydrogens is 456 g/mol. The molecule has 0 aliphatic carbocycles. The number of sulfonamides is 1. The Kier molecular flexibility index (Phi) is 6.21. The number of anilines is 2. The van der Waals surface area contributed by atoms with Crippen molar-refractivity contribution in [2.45, 2.75) is 11.3 Å². The topological polar surface area (TPSA) is 66.5 Å². The van der Waals surface area contributed by atoms with Gasteiger partial charge in [-0.3, -0.25) is 9.10 Å². The molecule has 1 aliphatic rings. The maximum Gasteiger partial charge on any atom is 0.264 e. The van der Waals surface area contributed by atoms with Crippen molar-refractivity contribution in [1.29, 1.82) is 0 Å². The molecule has 0 aromatic heterocycles. The largest absolute Gasteiger partial charge is 0.323 e. The second-order valence-electron chi connectivity index (χ2n) is 8.29. The molecule has 174 valence electrons. The second-order valence-corrected chi connectivity index (χ2v) is 10.2. The van der Waals surface area contributed by atoms with Gasteiger partial charge in [-0.15, -0.1) is 0 Å². The van der Waals surface area contributed by atoms with Crippen LogP contribution in [0.3, 0.4) is 0 Å². The van der Waals surface area contributed by atoms with Gasteiger partial charge in [0.15, 0.2) is 0 Å². The Labute approximate surface area is 205 Å². The van der Waals surface area contributed by atoms with Crippen molar-refractivity contribution >= 4 is 33.4 Å². The quantitative estimate of drug-likeness (QED) is 0.357. The predicted molar refractivity (Wildman–Crippen MR) is 141 cm³/mol. The van der Waals surface area contributed by atoms with Gasteiger partial charge in [0.2, 0.25) is 5.91 Å². The van der Waals surface area contributed by atoms with Crippen LogP contribution in [0.4, 0.5) is 11.4 Å². The fourth-order valence-electron chi connectivity index (χ4n) is 4.17. The van der Waals surface area contributed by atoms with Crippen molar-refractivity contribution in [1.82, 2.24) is 0 Å². The minimum atomic E-state index is -3.66. The first-order chi connectivity index (χ1) is 17.0. The molecule has 6 heteroatoms. The zero-order valence-corrected chi connectivity index (χ0v) is 19.8. The summed E-state index contributed by atoms with van der Waals surface area (Å²) in [4.78, 5) is 12.6. The summed E-state index contributed by atoms with van der Waals surface area (Å²) < 4.78 is 27.7. The van der Waals surface area contributed by atoms with Crippen LogP contribution >= 0.6 is 0 Å². The molecule has 0 atom stereocenters. The van der Waals surface area contributed by atoms with Crippen molar-refractivity contribution < 1.29 is 13.2 Å². The average Bonchev–Trinajstić information content (AvgIpc) is 3.34. The van der Waals surface area contributed by atoms with Crippen LogP contribution in [0.15, 0.2) is 114 Å². The summed E-state index contributed by atoms with van der Waals surface area (Å²) in [6.07, 6.45) is 3.90. The lowest BCUT2D eigenvalue weighted by Gasteiger charge is -2.19. The molecular formula is C29H24N2O3S. The molecule has 1 N–H and O–H groups in total. The molecule has 4 aromatic rings. The van der Waals surface area contributed by atoms with Gasteiger partial charge in [0, 0.05) is 18.3 Å². The molecule has 1 amide bonds. The number of nitrogens with zero attached hydrogens (tertiary/aromatic N) is 1. The smallest absolute Gasteiger partial charge is 0.264 e. The summed E-state index contributed by atoms with van der Waals surface area (Å²) in [6.45, 7) is 0.428. The lowest BCUT2D eigenvalue weighted by Crippen LogP contribution is -2.29. The third kappa shape index (κ3) is 4.88. The maximum absolute atomic E-state index is 13.1. The molecule has 0 radical (unpaired) electrons. The number of carbonyl (C=O) groups is 1. The van der Waals surface area contributed by atoms with E-state index in [1.54, 1.807) is 18.2 Å². The van der Waals surface area contributed by atoms with E-state index >= 15 is 0 Å². The molecule has 5 rings (SSSR count).